The van der Waals surface area contributed by atoms with E-state index in [1.54, 1.807) is 33.8 Å². The molecule has 0 saturated heterocycles. The van der Waals surface area contributed by atoms with Crippen LogP contribution >= 0.6 is 11.6 Å². The van der Waals surface area contributed by atoms with Crippen LogP contribution in [-0.4, -0.2) is 38.7 Å². The number of rotatable bonds is 5. The summed E-state index contributed by atoms with van der Waals surface area (Å²) >= 11 is 6.06. The minimum Gasteiger partial charge on any atom is -0.352 e. The lowest BCUT2D eigenvalue weighted by Crippen LogP contribution is -2.42. The zero-order valence-electron chi connectivity index (χ0n) is 16.5. The third-order valence-corrected chi connectivity index (χ3v) is 4.94. The molecule has 4 rings (SSSR count). The molecule has 154 valence electrons. The van der Waals surface area contributed by atoms with Crippen LogP contribution in [-0.2, 0) is 4.79 Å². The molecule has 0 bridgehead atoms. The number of nitrogens with one attached hydrogen (secondary N) is 1. The molecule has 0 fully saturated rings. The number of carbonyl (C=O) groups excluding carboxylic acids is 1. The van der Waals surface area contributed by atoms with Crippen molar-refractivity contribution in [2.45, 2.75) is 25.9 Å². The number of anilines is 1. The van der Waals surface area contributed by atoms with Gasteiger partial charge >= 0.3 is 0 Å². The van der Waals surface area contributed by atoms with Crippen molar-refractivity contribution in [3.63, 3.8) is 0 Å². The fraction of sp³-hybridized carbons (Fsp3) is 0.238. The van der Waals surface area contributed by atoms with E-state index in [9.17, 15) is 9.18 Å². The highest BCUT2D eigenvalue weighted by molar-refractivity contribution is 6.30. The molecule has 1 unspecified atom stereocenters. The Kier molecular flexibility index (Phi) is 5.50. The number of tetrazole rings is 1. The van der Waals surface area contributed by atoms with E-state index in [0.717, 1.165) is 16.8 Å². The van der Waals surface area contributed by atoms with Gasteiger partial charge in [-0.15, -0.1) is 0 Å². The van der Waals surface area contributed by atoms with Gasteiger partial charge in [0, 0.05) is 11.1 Å². The van der Waals surface area contributed by atoms with Gasteiger partial charge in [0.1, 0.15) is 18.4 Å². The maximum absolute atomic E-state index is 13.5. The van der Waals surface area contributed by atoms with Crippen LogP contribution in [0, 0.1) is 5.82 Å². The quantitative estimate of drug-likeness (QED) is 0.676. The van der Waals surface area contributed by atoms with E-state index < -0.39 is 0 Å². The van der Waals surface area contributed by atoms with Crippen molar-refractivity contribution in [1.82, 2.24) is 25.5 Å². The summed E-state index contributed by atoms with van der Waals surface area (Å²) in [5, 5.41) is 15.6. The van der Waals surface area contributed by atoms with Gasteiger partial charge in [0.25, 0.3) is 5.95 Å². The molecule has 0 radical (unpaired) electrons. The fourth-order valence-corrected chi connectivity index (χ4v) is 3.53. The molecule has 2 heterocycles. The van der Waals surface area contributed by atoms with Crippen LogP contribution in [0.5, 0.6) is 0 Å². The Morgan fingerprint density at radius 2 is 1.87 bits per heavy atom. The Balaban J connectivity index is 1.80. The predicted molar refractivity (Wildman–Crippen MR) is 112 cm³/mol. The van der Waals surface area contributed by atoms with Gasteiger partial charge in [-0.1, -0.05) is 41.0 Å². The molecule has 0 saturated carbocycles. The number of hydrogen-bond donors (Lipinski definition) is 1. The van der Waals surface area contributed by atoms with Crippen LogP contribution in [0.1, 0.15) is 31.0 Å². The first-order chi connectivity index (χ1) is 14.4. The lowest BCUT2D eigenvalue weighted by Gasteiger charge is -2.32. The van der Waals surface area contributed by atoms with E-state index in [0.29, 0.717) is 11.0 Å². The zero-order valence-corrected chi connectivity index (χ0v) is 17.2. The summed E-state index contributed by atoms with van der Waals surface area (Å²) in [4.78, 5) is 14.3. The van der Waals surface area contributed by atoms with Gasteiger partial charge in [-0.2, -0.15) is 4.68 Å². The number of allylic oxidation sites excluding steroid dienone is 1. The van der Waals surface area contributed by atoms with Crippen molar-refractivity contribution in [1.29, 1.82) is 0 Å². The zero-order chi connectivity index (χ0) is 21.3. The highest BCUT2D eigenvalue weighted by atomic mass is 35.5. The van der Waals surface area contributed by atoms with Crippen molar-refractivity contribution < 1.29 is 9.18 Å². The van der Waals surface area contributed by atoms with E-state index in [2.05, 4.69) is 20.8 Å². The first-order valence-corrected chi connectivity index (χ1v) is 9.88. The first kappa shape index (κ1) is 20.0. The van der Waals surface area contributed by atoms with Gasteiger partial charge in [0.05, 0.1) is 5.70 Å². The van der Waals surface area contributed by atoms with Crippen LogP contribution in [0.3, 0.4) is 0 Å². The van der Waals surface area contributed by atoms with Crippen LogP contribution in [0.25, 0.3) is 5.70 Å². The summed E-state index contributed by atoms with van der Waals surface area (Å²) < 4.78 is 15.1. The summed E-state index contributed by atoms with van der Waals surface area (Å²) in [6.45, 7) is 3.85. The molecule has 1 N–H and O–H groups in total. The average molecular weight is 427 g/mol. The molecule has 9 heteroatoms. The third-order valence-electron chi connectivity index (χ3n) is 4.69. The van der Waals surface area contributed by atoms with Crippen molar-refractivity contribution in [3.8, 4) is 0 Å². The second kappa shape index (κ2) is 8.23. The van der Waals surface area contributed by atoms with E-state index in [-0.39, 0.29) is 30.4 Å². The number of aromatic nitrogens is 4. The Bertz CT molecular complexity index is 1080. The molecule has 1 amide bonds. The number of hydrogen-bond acceptors (Lipinski definition) is 5. The molecule has 3 aromatic rings. The molecule has 1 atom stereocenters. The number of nitrogens with zero attached hydrogens (tertiary/aromatic N) is 5. The second-order valence-corrected chi connectivity index (χ2v) is 7.72. The highest BCUT2D eigenvalue weighted by Crippen LogP contribution is 2.36. The molecular weight excluding hydrogens is 407 g/mol. The van der Waals surface area contributed by atoms with Crippen LogP contribution in [0.2, 0.25) is 5.02 Å². The van der Waals surface area contributed by atoms with Gasteiger partial charge < -0.3 is 5.32 Å². The van der Waals surface area contributed by atoms with Crippen molar-refractivity contribution in [3.05, 3.63) is 76.6 Å². The predicted octanol–water partition coefficient (Wildman–Crippen LogP) is 3.44. The molecule has 7 nitrogen and oxygen atoms in total. The summed E-state index contributed by atoms with van der Waals surface area (Å²) in [5.41, 5.74) is 2.45. The Hall–Kier alpha value is -3.26. The fourth-order valence-electron chi connectivity index (χ4n) is 3.40. The summed E-state index contributed by atoms with van der Waals surface area (Å²) in [7, 11) is 0. The van der Waals surface area contributed by atoms with Crippen molar-refractivity contribution in [2.75, 3.05) is 11.4 Å². The molecule has 1 aliphatic heterocycles. The third kappa shape index (κ3) is 4.04. The Morgan fingerprint density at radius 1 is 1.17 bits per heavy atom. The van der Waals surface area contributed by atoms with Crippen LogP contribution < -0.4 is 10.2 Å². The monoisotopic (exact) mass is 426 g/mol. The molecule has 30 heavy (non-hydrogen) atoms. The normalized spacial score (nSPS) is 15.7. The lowest BCUT2D eigenvalue weighted by molar-refractivity contribution is -0.120. The topological polar surface area (TPSA) is 75.9 Å². The molecule has 0 aliphatic carbocycles. The van der Waals surface area contributed by atoms with Crippen LogP contribution in [0.15, 0.2) is 54.6 Å². The molecule has 1 aromatic heterocycles. The van der Waals surface area contributed by atoms with Gasteiger partial charge in [-0.3, -0.25) is 9.69 Å². The van der Waals surface area contributed by atoms with Gasteiger partial charge in [-0.25, -0.2) is 4.39 Å². The second-order valence-electron chi connectivity index (χ2n) is 7.29. The summed E-state index contributed by atoms with van der Waals surface area (Å²) in [6.07, 6.45) is 1.96. The number of amides is 1. The van der Waals surface area contributed by atoms with Gasteiger partial charge in [0.2, 0.25) is 5.91 Å². The SMILES string of the molecule is CC(C)NC(=O)CN1C(c2ccc(Cl)cc2)=CC(c2ccc(F)cc2)n2nnnc21. The highest BCUT2D eigenvalue weighted by Gasteiger charge is 2.32. The summed E-state index contributed by atoms with van der Waals surface area (Å²) in [5.74, 6) is -0.0456. The first-order valence-electron chi connectivity index (χ1n) is 9.50. The van der Waals surface area contributed by atoms with E-state index in [1.807, 2.05) is 32.1 Å². The number of carbonyl (C=O) groups is 1. The maximum atomic E-state index is 13.5. The smallest absolute Gasteiger partial charge is 0.251 e. The molecule has 0 spiro atoms. The van der Waals surface area contributed by atoms with E-state index in [4.69, 9.17) is 11.6 Å². The standard InChI is InChI=1S/C21H20ClFN6O/c1-13(2)24-20(30)12-28-18(14-3-7-16(22)8-4-14)11-19(29-21(28)25-26-27-29)15-5-9-17(23)10-6-15/h3-11,13,19H,12H2,1-2H3,(H,24,30). The average Bonchev–Trinajstić information content (AvgIpc) is 3.19. The Labute approximate surface area is 178 Å². The molecular formula is C21H20ClFN6O. The number of benzene rings is 2. The van der Waals surface area contributed by atoms with Gasteiger partial charge in [0.15, 0.2) is 0 Å². The van der Waals surface area contributed by atoms with E-state index in [1.165, 1.54) is 12.1 Å². The van der Waals surface area contributed by atoms with Crippen molar-refractivity contribution in [2.24, 2.45) is 0 Å². The maximum Gasteiger partial charge on any atom is 0.251 e. The van der Waals surface area contributed by atoms with Crippen molar-refractivity contribution >= 4 is 29.2 Å². The lowest BCUT2D eigenvalue weighted by atomic mass is 10.0. The van der Waals surface area contributed by atoms with Gasteiger partial charge in [-0.05, 0) is 65.7 Å². The minimum atomic E-state index is -0.356. The minimum absolute atomic E-state index is 0.00760. The molecule has 1 aliphatic rings. The number of fused-ring (bicyclic) bond motifs is 1. The van der Waals surface area contributed by atoms with Crippen LogP contribution in [0.4, 0.5) is 10.3 Å². The Morgan fingerprint density at radius 3 is 2.53 bits per heavy atom. The largest absolute Gasteiger partial charge is 0.352 e. The summed E-state index contributed by atoms with van der Waals surface area (Å²) in [6, 6.07) is 13.2. The number of halogens is 2. The molecule has 2 aromatic carbocycles. The van der Waals surface area contributed by atoms with E-state index >= 15 is 0 Å².